The van der Waals surface area contributed by atoms with Gasteiger partial charge in [-0.1, -0.05) is 30.3 Å². The van der Waals surface area contributed by atoms with Gasteiger partial charge in [-0.15, -0.1) is 0 Å². The maximum absolute atomic E-state index is 12.2. The number of carbonyl (C=O) groups excluding carboxylic acids is 2. The van der Waals surface area contributed by atoms with Gasteiger partial charge in [0.1, 0.15) is 17.2 Å². The first-order valence-corrected chi connectivity index (χ1v) is 9.77. The average Bonchev–Trinajstić information content (AvgIpc) is 2.79. The molecule has 3 aromatic rings. The Labute approximate surface area is 180 Å². The third kappa shape index (κ3) is 7.08. The summed E-state index contributed by atoms with van der Waals surface area (Å²) < 4.78 is 21.5. The first-order valence-electron chi connectivity index (χ1n) is 9.77. The number of para-hydroxylation sites is 3. The predicted molar refractivity (Wildman–Crippen MR) is 116 cm³/mol. The van der Waals surface area contributed by atoms with Crippen molar-refractivity contribution in [1.29, 1.82) is 0 Å². The van der Waals surface area contributed by atoms with Crippen LogP contribution in [0.2, 0.25) is 0 Å². The predicted octanol–water partition coefficient (Wildman–Crippen LogP) is 4.44. The van der Waals surface area contributed by atoms with Crippen LogP contribution in [0, 0.1) is 0 Å². The van der Waals surface area contributed by atoms with Crippen molar-refractivity contribution in [3.8, 4) is 23.0 Å². The van der Waals surface area contributed by atoms with Gasteiger partial charge in [-0.3, -0.25) is 4.79 Å². The number of carbonyl (C=O) groups is 2. The molecule has 3 aromatic carbocycles. The van der Waals surface area contributed by atoms with Crippen molar-refractivity contribution in [2.75, 3.05) is 25.1 Å². The molecule has 0 unspecified atom stereocenters. The minimum absolute atomic E-state index is 0.311. The van der Waals surface area contributed by atoms with Gasteiger partial charge in [0.25, 0.3) is 5.91 Å². The zero-order chi connectivity index (χ0) is 21.9. The van der Waals surface area contributed by atoms with Gasteiger partial charge in [-0.2, -0.15) is 0 Å². The molecule has 0 radical (unpaired) electrons. The third-order valence-corrected chi connectivity index (χ3v) is 3.99. The van der Waals surface area contributed by atoms with E-state index in [2.05, 4.69) is 5.32 Å². The molecule has 31 heavy (non-hydrogen) atoms. The first kappa shape index (κ1) is 21.7. The van der Waals surface area contributed by atoms with E-state index < -0.39 is 18.5 Å². The number of nitrogens with one attached hydrogen (secondary N) is 1. The van der Waals surface area contributed by atoms with Gasteiger partial charge in [0.2, 0.25) is 0 Å². The number of hydrogen-bond acceptors (Lipinski definition) is 6. The molecule has 0 bridgehead atoms. The summed E-state index contributed by atoms with van der Waals surface area (Å²) in [6.45, 7) is 1.71. The Morgan fingerprint density at radius 2 is 1.39 bits per heavy atom. The molecule has 0 aliphatic rings. The molecule has 0 aliphatic carbocycles. The Morgan fingerprint density at radius 1 is 0.742 bits per heavy atom. The summed E-state index contributed by atoms with van der Waals surface area (Å²) >= 11 is 0. The van der Waals surface area contributed by atoms with Crippen LogP contribution < -0.4 is 19.5 Å². The van der Waals surface area contributed by atoms with E-state index in [1.807, 2.05) is 37.3 Å². The lowest BCUT2D eigenvalue weighted by molar-refractivity contribution is -0.149. The van der Waals surface area contributed by atoms with Gasteiger partial charge >= 0.3 is 5.97 Å². The van der Waals surface area contributed by atoms with E-state index in [0.717, 1.165) is 0 Å². The molecular formula is C24H23NO6. The van der Waals surface area contributed by atoms with Crippen LogP contribution in [-0.2, 0) is 14.3 Å². The Hall–Kier alpha value is -4.00. The molecule has 7 nitrogen and oxygen atoms in total. The van der Waals surface area contributed by atoms with Crippen LogP contribution in [0.4, 0.5) is 5.69 Å². The molecule has 0 fully saturated rings. The lowest BCUT2D eigenvalue weighted by Gasteiger charge is -2.12. The van der Waals surface area contributed by atoms with E-state index in [-0.39, 0.29) is 6.61 Å². The van der Waals surface area contributed by atoms with E-state index in [1.165, 1.54) is 0 Å². The van der Waals surface area contributed by atoms with E-state index >= 15 is 0 Å². The van der Waals surface area contributed by atoms with Crippen LogP contribution in [0.3, 0.4) is 0 Å². The van der Waals surface area contributed by atoms with Crippen molar-refractivity contribution in [1.82, 2.24) is 0 Å². The molecule has 7 heteroatoms. The van der Waals surface area contributed by atoms with Crippen molar-refractivity contribution in [2.45, 2.75) is 6.92 Å². The van der Waals surface area contributed by atoms with Gasteiger partial charge in [-0.05, 0) is 55.5 Å². The molecule has 160 valence electrons. The fourth-order valence-electron chi connectivity index (χ4n) is 2.59. The third-order valence-electron chi connectivity index (χ3n) is 3.99. The van der Waals surface area contributed by atoms with Crippen molar-refractivity contribution >= 4 is 17.6 Å². The topological polar surface area (TPSA) is 83.1 Å². The number of ether oxygens (including phenoxy) is 4. The van der Waals surface area contributed by atoms with Crippen LogP contribution in [0.1, 0.15) is 6.92 Å². The normalized spacial score (nSPS) is 10.1. The van der Waals surface area contributed by atoms with Gasteiger partial charge in [0.05, 0.1) is 12.3 Å². The van der Waals surface area contributed by atoms with Crippen molar-refractivity contribution < 1.29 is 28.5 Å². The number of esters is 1. The highest BCUT2D eigenvalue weighted by Gasteiger charge is 2.12. The summed E-state index contributed by atoms with van der Waals surface area (Å²) in [5.74, 6) is 1.19. The maximum Gasteiger partial charge on any atom is 0.344 e. The fourth-order valence-corrected chi connectivity index (χ4v) is 2.59. The van der Waals surface area contributed by atoms with E-state index in [4.69, 9.17) is 18.9 Å². The summed E-state index contributed by atoms with van der Waals surface area (Å²) in [6.07, 6.45) is 0. The Kier molecular flexibility index (Phi) is 7.88. The van der Waals surface area contributed by atoms with E-state index in [1.54, 1.807) is 48.5 Å². The zero-order valence-electron chi connectivity index (χ0n) is 17.1. The van der Waals surface area contributed by atoms with Gasteiger partial charge in [0, 0.05) is 0 Å². The Bertz CT molecular complexity index is 988. The van der Waals surface area contributed by atoms with Crippen molar-refractivity contribution in [2.24, 2.45) is 0 Å². The number of amides is 1. The van der Waals surface area contributed by atoms with Crippen molar-refractivity contribution in [3.63, 3.8) is 0 Å². The second-order valence-corrected chi connectivity index (χ2v) is 6.31. The summed E-state index contributed by atoms with van der Waals surface area (Å²) in [5, 5.41) is 2.68. The fraction of sp³-hybridized carbons (Fsp3) is 0.167. The van der Waals surface area contributed by atoms with E-state index in [9.17, 15) is 9.59 Å². The highest BCUT2D eigenvalue weighted by atomic mass is 16.6. The highest BCUT2D eigenvalue weighted by Crippen LogP contribution is 2.29. The van der Waals surface area contributed by atoms with Gasteiger partial charge in [0.15, 0.2) is 19.0 Å². The second-order valence-electron chi connectivity index (χ2n) is 6.31. The molecule has 1 amide bonds. The van der Waals surface area contributed by atoms with Crippen LogP contribution >= 0.6 is 0 Å². The number of anilines is 1. The summed E-state index contributed by atoms with van der Waals surface area (Å²) in [4.78, 5) is 24.1. The molecular weight excluding hydrogens is 398 g/mol. The van der Waals surface area contributed by atoms with Gasteiger partial charge in [-0.25, -0.2) is 4.79 Å². The lowest BCUT2D eigenvalue weighted by Crippen LogP contribution is -2.23. The minimum Gasteiger partial charge on any atom is -0.494 e. The standard InChI is InChI=1S/C24H23NO6/c1-2-28-18-12-14-19(15-13-18)29-17-24(27)30-16-23(26)25-21-10-6-7-11-22(21)31-20-8-4-3-5-9-20/h3-15H,2,16-17H2,1H3,(H,25,26). The van der Waals surface area contributed by atoms with Crippen LogP contribution in [0.25, 0.3) is 0 Å². The van der Waals surface area contributed by atoms with Crippen LogP contribution in [0.5, 0.6) is 23.0 Å². The number of rotatable bonds is 10. The van der Waals surface area contributed by atoms with Crippen molar-refractivity contribution in [3.05, 3.63) is 78.9 Å². The molecule has 3 rings (SSSR count). The molecule has 0 atom stereocenters. The molecule has 0 saturated heterocycles. The zero-order valence-corrected chi connectivity index (χ0v) is 17.1. The number of hydrogen-bond donors (Lipinski definition) is 1. The SMILES string of the molecule is CCOc1ccc(OCC(=O)OCC(=O)Nc2ccccc2Oc2ccccc2)cc1. The largest absolute Gasteiger partial charge is 0.494 e. The summed E-state index contributed by atoms with van der Waals surface area (Å²) in [7, 11) is 0. The molecule has 0 spiro atoms. The molecule has 0 aliphatic heterocycles. The molecule has 0 heterocycles. The average molecular weight is 421 g/mol. The Balaban J connectivity index is 1.45. The first-order chi connectivity index (χ1) is 15.1. The minimum atomic E-state index is -0.655. The van der Waals surface area contributed by atoms with Gasteiger partial charge < -0.3 is 24.3 Å². The van der Waals surface area contributed by atoms with Crippen LogP contribution in [-0.4, -0.2) is 31.7 Å². The summed E-state index contributed by atoms with van der Waals surface area (Å²) in [5.41, 5.74) is 0.470. The molecule has 0 aromatic heterocycles. The Morgan fingerprint density at radius 3 is 2.10 bits per heavy atom. The maximum atomic E-state index is 12.2. The lowest BCUT2D eigenvalue weighted by atomic mass is 10.3. The highest BCUT2D eigenvalue weighted by molar-refractivity contribution is 5.94. The van der Waals surface area contributed by atoms with E-state index in [0.29, 0.717) is 35.3 Å². The smallest absolute Gasteiger partial charge is 0.344 e. The van der Waals surface area contributed by atoms with Crippen LogP contribution in [0.15, 0.2) is 78.9 Å². The number of benzene rings is 3. The monoisotopic (exact) mass is 421 g/mol. The summed E-state index contributed by atoms with van der Waals surface area (Å²) in [6, 6.07) is 23.1. The second kappa shape index (κ2) is 11.3. The molecule has 0 saturated carbocycles. The quantitative estimate of drug-likeness (QED) is 0.488. The molecule has 1 N–H and O–H groups in total.